The van der Waals surface area contributed by atoms with Crippen molar-refractivity contribution in [2.24, 2.45) is 7.05 Å². The van der Waals surface area contributed by atoms with Gasteiger partial charge in [-0.1, -0.05) is 0 Å². The summed E-state index contributed by atoms with van der Waals surface area (Å²) in [6.07, 6.45) is 2.65. The van der Waals surface area contributed by atoms with Crippen LogP contribution in [-0.2, 0) is 13.5 Å². The molecule has 1 heterocycles. The van der Waals surface area contributed by atoms with Crippen molar-refractivity contribution >= 4 is 0 Å². The molecule has 1 aromatic rings. The highest BCUT2D eigenvalue weighted by Gasteiger charge is 1.96. The van der Waals surface area contributed by atoms with Crippen LogP contribution in [0.1, 0.15) is 5.82 Å². The third-order valence-electron chi connectivity index (χ3n) is 1.40. The van der Waals surface area contributed by atoms with Crippen LogP contribution in [0.3, 0.4) is 0 Å². The third kappa shape index (κ3) is 1.54. The van der Waals surface area contributed by atoms with Crippen LogP contribution in [0.15, 0.2) is 6.33 Å². The smallest absolute Gasteiger partial charge is 0.133 e. The van der Waals surface area contributed by atoms with Crippen molar-refractivity contribution in [3.05, 3.63) is 12.2 Å². The molecule has 0 saturated carbocycles. The fraction of sp³-hybridized carbons (Fsp3) is 0.667. The highest BCUT2D eigenvalue weighted by Crippen LogP contribution is 1.90. The van der Waals surface area contributed by atoms with Crippen LogP contribution in [0, 0.1) is 0 Å². The molecule has 0 aliphatic rings. The van der Waals surface area contributed by atoms with Gasteiger partial charge in [0.25, 0.3) is 0 Å². The second-order valence-corrected chi connectivity index (χ2v) is 2.21. The summed E-state index contributed by atoms with van der Waals surface area (Å²) in [5.74, 6) is 1.02. The Kier molecular flexibility index (Phi) is 2.39. The van der Waals surface area contributed by atoms with Gasteiger partial charge in [-0.05, 0) is 7.05 Å². The van der Waals surface area contributed by atoms with Crippen molar-refractivity contribution in [1.82, 2.24) is 20.1 Å². The lowest BCUT2D eigenvalue weighted by Gasteiger charge is -1.97. The fourth-order valence-corrected chi connectivity index (χ4v) is 0.770. The topological polar surface area (TPSA) is 42.7 Å². The van der Waals surface area contributed by atoms with E-state index in [2.05, 4.69) is 15.5 Å². The molecule has 0 bridgehead atoms. The summed E-state index contributed by atoms with van der Waals surface area (Å²) in [6.45, 7) is 0.951. The number of nitrogens with one attached hydrogen (secondary N) is 1. The van der Waals surface area contributed by atoms with Crippen LogP contribution in [0.25, 0.3) is 0 Å². The van der Waals surface area contributed by atoms with Crippen LogP contribution in [0.5, 0.6) is 0 Å². The molecule has 0 amide bonds. The summed E-state index contributed by atoms with van der Waals surface area (Å²) in [5, 5.41) is 10.7. The Morgan fingerprint density at radius 2 is 2.50 bits per heavy atom. The molecule has 0 saturated heterocycles. The van der Waals surface area contributed by atoms with Crippen molar-refractivity contribution < 1.29 is 0 Å². The average molecular weight is 140 g/mol. The highest BCUT2D eigenvalue weighted by atomic mass is 15.2. The normalized spacial score (nSPS) is 10.2. The lowest BCUT2D eigenvalue weighted by Crippen LogP contribution is -2.12. The van der Waals surface area contributed by atoms with Gasteiger partial charge in [0.15, 0.2) is 0 Å². The monoisotopic (exact) mass is 140 g/mol. The van der Waals surface area contributed by atoms with E-state index < -0.39 is 0 Å². The molecule has 0 unspecified atom stereocenters. The maximum absolute atomic E-state index is 3.93. The van der Waals surface area contributed by atoms with E-state index in [1.807, 2.05) is 18.7 Å². The molecular formula is C6H12N4. The minimum atomic E-state index is 0.938. The molecule has 0 spiro atoms. The van der Waals surface area contributed by atoms with Crippen molar-refractivity contribution in [3.63, 3.8) is 0 Å². The Morgan fingerprint density at radius 1 is 1.70 bits per heavy atom. The van der Waals surface area contributed by atoms with E-state index in [0.717, 1.165) is 18.8 Å². The van der Waals surface area contributed by atoms with Crippen molar-refractivity contribution in [1.29, 1.82) is 0 Å². The molecule has 1 aromatic heterocycles. The van der Waals surface area contributed by atoms with Gasteiger partial charge in [-0.15, -0.1) is 10.2 Å². The van der Waals surface area contributed by atoms with Gasteiger partial charge in [0.1, 0.15) is 12.2 Å². The maximum Gasteiger partial charge on any atom is 0.133 e. The van der Waals surface area contributed by atoms with Crippen molar-refractivity contribution in [3.8, 4) is 0 Å². The second-order valence-electron chi connectivity index (χ2n) is 2.21. The van der Waals surface area contributed by atoms with E-state index in [1.165, 1.54) is 0 Å². The quantitative estimate of drug-likeness (QED) is 0.620. The molecule has 4 heteroatoms. The average Bonchev–Trinajstić information content (AvgIpc) is 2.31. The molecule has 0 fully saturated rings. The van der Waals surface area contributed by atoms with E-state index in [0.29, 0.717) is 0 Å². The fourth-order valence-electron chi connectivity index (χ4n) is 0.770. The van der Waals surface area contributed by atoms with Crippen LogP contribution in [0.4, 0.5) is 0 Å². The van der Waals surface area contributed by atoms with Gasteiger partial charge < -0.3 is 9.88 Å². The lowest BCUT2D eigenvalue weighted by atomic mass is 10.4. The number of hydrogen-bond acceptors (Lipinski definition) is 3. The SMILES string of the molecule is CNCCc1nncn1C. The zero-order valence-electron chi connectivity index (χ0n) is 6.33. The Bertz CT molecular complexity index is 193. The molecular weight excluding hydrogens is 128 g/mol. The first-order valence-electron chi connectivity index (χ1n) is 3.32. The van der Waals surface area contributed by atoms with Gasteiger partial charge in [-0.3, -0.25) is 0 Å². The minimum absolute atomic E-state index is 0.938. The maximum atomic E-state index is 3.93. The summed E-state index contributed by atoms with van der Waals surface area (Å²) in [6, 6.07) is 0. The minimum Gasteiger partial charge on any atom is -0.321 e. The van der Waals surface area contributed by atoms with Crippen LogP contribution >= 0.6 is 0 Å². The summed E-state index contributed by atoms with van der Waals surface area (Å²) >= 11 is 0. The van der Waals surface area contributed by atoms with Crippen molar-refractivity contribution in [2.75, 3.05) is 13.6 Å². The summed E-state index contributed by atoms with van der Waals surface area (Å²) in [5.41, 5.74) is 0. The van der Waals surface area contributed by atoms with Gasteiger partial charge in [-0.2, -0.15) is 0 Å². The first-order chi connectivity index (χ1) is 4.84. The molecule has 4 nitrogen and oxygen atoms in total. The van der Waals surface area contributed by atoms with Gasteiger partial charge >= 0.3 is 0 Å². The summed E-state index contributed by atoms with van der Waals surface area (Å²) in [4.78, 5) is 0. The van der Waals surface area contributed by atoms with Gasteiger partial charge in [-0.25, -0.2) is 0 Å². The van der Waals surface area contributed by atoms with E-state index in [4.69, 9.17) is 0 Å². The molecule has 0 aromatic carbocycles. The Hall–Kier alpha value is -0.900. The molecule has 0 aliphatic carbocycles. The number of likely N-dealkylation sites (N-methyl/N-ethyl adjacent to an activating group) is 1. The molecule has 56 valence electrons. The number of hydrogen-bond donors (Lipinski definition) is 1. The van der Waals surface area contributed by atoms with Gasteiger partial charge in [0, 0.05) is 20.0 Å². The van der Waals surface area contributed by atoms with Gasteiger partial charge in [0.2, 0.25) is 0 Å². The highest BCUT2D eigenvalue weighted by molar-refractivity contribution is 4.84. The van der Waals surface area contributed by atoms with E-state index >= 15 is 0 Å². The van der Waals surface area contributed by atoms with E-state index in [-0.39, 0.29) is 0 Å². The van der Waals surface area contributed by atoms with E-state index in [1.54, 1.807) is 6.33 Å². The molecule has 10 heavy (non-hydrogen) atoms. The Balaban J connectivity index is 2.49. The molecule has 0 aliphatic heterocycles. The lowest BCUT2D eigenvalue weighted by molar-refractivity contribution is 0.716. The largest absolute Gasteiger partial charge is 0.321 e. The molecule has 1 rings (SSSR count). The predicted octanol–water partition coefficient (Wildman–Crippen LogP) is -0.423. The first-order valence-corrected chi connectivity index (χ1v) is 3.32. The van der Waals surface area contributed by atoms with Crippen LogP contribution in [-0.4, -0.2) is 28.4 Å². The predicted molar refractivity (Wildman–Crippen MR) is 38.6 cm³/mol. The number of nitrogens with zero attached hydrogens (tertiary/aromatic N) is 3. The van der Waals surface area contributed by atoms with Gasteiger partial charge in [0.05, 0.1) is 0 Å². The second kappa shape index (κ2) is 3.31. The zero-order valence-corrected chi connectivity index (χ0v) is 6.33. The van der Waals surface area contributed by atoms with Crippen LogP contribution < -0.4 is 5.32 Å². The zero-order chi connectivity index (χ0) is 7.40. The Morgan fingerprint density at radius 3 is 3.00 bits per heavy atom. The van der Waals surface area contributed by atoms with E-state index in [9.17, 15) is 0 Å². The third-order valence-corrected chi connectivity index (χ3v) is 1.40. The summed E-state index contributed by atoms with van der Waals surface area (Å²) < 4.78 is 1.93. The summed E-state index contributed by atoms with van der Waals surface area (Å²) in [7, 11) is 3.88. The standard InChI is InChI=1S/C6H12N4/c1-7-4-3-6-9-8-5-10(6)2/h5,7H,3-4H2,1-2H3. The number of aromatic nitrogens is 3. The van der Waals surface area contributed by atoms with Crippen LogP contribution in [0.2, 0.25) is 0 Å². The first kappa shape index (κ1) is 7.21. The molecule has 1 N–H and O–H groups in total. The Labute approximate surface area is 60.3 Å². The number of rotatable bonds is 3. The van der Waals surface area contributed by atoms with Crippen molar-refractivity contribution in [2.45, 2.75) is 6.42 Å². The number of aryl methyl sites for hydroxylation is 1. The molecule has 0 atom stereocenters. The molecule has 0 radical (unpaired) electrons.